The fraction of sp³-hybridized carbons (Fsp3) is 0.438. The molecule has 0 fully saturated rings. The lowest BCUT2D eigenvalue weighted by Crippen LogP contribution is -2.28. The molecule has 1 heterocycles. The fourth-order valence-electron chi connectivity index (χ4n) is 2.48. The quantitative estimate of drug-likeness (QED) is 0.630. The van der Waals surface area contributed by atoms with Gasteiger partial charge in [-0.05, 0) is 32.3 Å². The number of hydrogen-bond donors (Lipinski definition) is 0. The topological polar surface area (TPSA) is 61.0 Å². The van der Waals surface area contributed by atoms with Crippen LogP contribution < -0.4 is 0 Å². The van der Waals surface area contributed by atoms with Crippen molar-refractivity contribution in [3.63, 3.8) is 0 Å². The molecule has 21 heavy (non-hydrogen) atoms. The average Bonchev–Trinajstić information content (AvgIpc) is 2.82. The van der Waals surface area contributed by atoms with Gasteiger partial charge in [-0.25, -0.2) is 4.98 Å². The number of rotatable bonds is 4. The molecule has 5 nitrogen and oxygen atoms in total. The second-order valence-corrected chi connectivity index (χ2v) is 6.10. The minimum absolute atomic E-state index is 0.113. The van der Waals surface area contributed by atoms with E-state index in [4.69, 9.17) is 0 Å². The lowest BCUT2D eigenvalue weighted by Gasteiger charge is -2.28. The van der Waals surface area contributed by atoms with Crippen LogP contribution in [0.15, 0.2) is 30.5 Å². The van der Waals surface area contributed by atoms with Gasteiger partial charge in [0, 0.05) is 18.3 Å². The van der Waals surface area contributed by atoms with Gasteiger partial charge in [0.2, 0.25) is 0 Å². The van der Waals surface area contributed by atoms with Crippen molar-refractivity contribution < 1.29 is 4.92 Å². The number of non-ortho nitro benzene ring substituents is 1. The number of hydrogen-bond acceptors (Lipinski definition) is 3. The number of imidazole rings is 1. The predicted molar refractivity (Wildman–Crippen MR) is 82.6 cm³/mol. The van der Waals surface area contributed by atoms with Crippen molar-refractivity contribution in [1.82, 2.24) is 9.55 Å². The number of benzene rings is 1. The van der Waals surface area contributed by atoms with Crippen molar-refractivity contribution in [2.24, 2.45) is 0 Å². The van der Waals surface area contributed by atoms with Crippen molar-refractivity contribution in [2.45, 2.75) is 46.1 Å². The lowest BCUT2D eigenvalue weighted by molar-refractivity contribution is -0.385. The standard InChI is InChI=1S/C16H21N3O2/c1-11(2)15-10-18(12(3)17-15)16(4,5)13-7-6-8-14(9-13)19(20)21/h6-11H,1-5H3. The Hall–Kier alpha value is -2.17. The van der Waals surface area contributed by atoms with Gasteiger partial charge in [0.05, 0.1) is 16.2 Å². The van der Waals surface area contributed by atoms with Crippen molar-refractivity contribution in [1.29, 1.82) is 0 Å². The minimum Gasteiger partial charge on any atom is -0.325 e. The molecule has 1 aromatic carbocycles. The molecule has 0 amide bonds. The van der Waals surface area contributed by atoms with E-state index >= 15 is 0 Å². The van der Waals surface area contributed by atoms with Gasteiger partial charge in [-0.1, -0.05) is 26.0 Å². The van der Waals surface area contributed by atoms with Crippen LogP contribution >= 0.6 is 0 Å². The molecule has 0 bridgehead atoms. The van der Waals surface area contributed by atoms with Crippen LogP contribution in [0.25, 0.3) is 0 Å². The van der Waals surface area contributed by atoms with Crippen LogP contribution in [0, 0.1) is 17.0 Å². The molecule has 0 saturated heterocycles. The van der Waals surface area contributed by atoms with Crippen molar-refractivity contribution in [3.8, 4) is 0 Å². The summed E-state index contributed by atoms with van der Waals surface area (Å²) in [5.74, 6) is 1.26. The van der Waals surface area contributed by atoms with E-state index in [1.807, 2.05) is 33.0 Å². The number of nitro groups is 1. The van der Waals surface area contributed by atoms with Gasteiger partial charge >= 0.3 is 0 Å². The van der Waals surface area contributed by atoms with E-state index in [2.05, 4.69) is 23.4 Å². The van der Waals surface area contributed by atoms with Gasteiger partial charge in [0.25, 0.3) is 5.69 Å². The van der Waals surface area contributed by atoms with Gasteiger partial charge in [0.15, 0.2) is 0 Å². The maximum Gasteiger partial charge on any atom is 0.269 e. The van der Waals surface area contributed by atoms with E-state index in [0.717, 1.165) is 17.1 Å². The van der Waals surface area contributed by atoms with Crippen LogP contribution in [-0.4, -0.2) is 14.5 Å². The molecule has 2 aromatic rings. The summed E-state index contributed by atoms with van der Waals surface area (Å²) in [7, 11) is 0. The Kier molecular flexibility index (Phi) is 3.85. The highest BCUT2D eigenvalue weighted by atomic mass is 16.6. The molecule has 0 atom stereocenters. The zero-order valence-electron chi connectivity index (χ0n) is 13.1. The van der Waals surface area contributed by atoms with Crippen molar-refractivity contribution >= 4 is 5.69 Å². The summed E-state index contributed by atoms with van der Waals surface area (Å²) in [6.07, 6.45) is 2.04. The molecule has 5 heteroatoms. The number of nitro benzene ring substituents is 1. The third kappa shape index (κ3) is 2.82. The first-order valence-corrected chi connectivity index (χ1v) is 7.04. The molecule has 0 aliphatic heterocycles. The van der Waals surface area contributed by atoms with Crippen LogP contribution in [0.3, 0.4) is 0 Å². The molecule has 0 N–H and O–H groups in total. The van der Waals surface area contributed by atoms with Gasteiger partial charge < -0.3 is 4.57 Å². The first-order valence-electron chi connectivity index (χ1n) is 7.04. The Morgan fingerprint density at radius 2 is 2.00 bits per heavy atom. The maximum atomic E-state index is 11.0. The Bertz CT molecular complexity index is 672. The molecule has 0 saturated carbocycles. The van der Waals surface area contributed by atoms with Crippen LogP contribution in [-0.2, 0) is 5.54 Å². The Morgan fingerprint density at radius 1 is 1.33 bits per heavy atom. The molecule has 112 valence electrons. The Balaban J connectivity index is 2.51. The third-order valence-electron chi connectivity index (χ3n) is 3.86. The summed E-state index contributed by atoms with van der Waals surface area (Å²) in [4.78, 5) is 15.2. The lowest BCUT2D eigenvalue weighted by atomic mass is 9.93. The SMILES string of the molecule is Cc1nc(C(C)C)cn1C(C)(C)c1cccc([N+](=O)[O-])c1. The first-order chi connectivity index (χ1) is 9.73. The molecular weight excluding hydrogens is 266 g/mol. The van der Waals surface area contributed by atoms with Crippen LogP contribution in [0.1, 0.15) is 50.7 Å². The maximum absolute atomic E-state index is 11.0. The molecule has 0 unspecified atom stereocenters. The highest BCUT2D eigenvalue weighted by molar-refractivity contribution is 5.38. The van der Waals surface area contributed by atoms with E-state index in [-0.39, 0.29) is 10.6 Å². The van der Waals surface area contributed by atoms with E-state index in [1.165, 1.54) is 6.07 Å². The smallest absolute Gasteiger partial charge is 0.269 e. The second kappa shape index (κ2) is 5.31. The molecule has 0 radical (unpaired) electrons. The van der Waals surface area contributed by atoms with Crippen LogP contribution in [0.4, 0.5) is 5.69 Å². The molecule has 1 aromatic heterocycles. The van der Waals surface area contributed by atoms with E-state index in [0.29, 0.717) is 5.92 Å². The van der Waals surface area contributed by atoms with Crippen molar-refractivity contribution in [3.05, 3.63) is 57.7 Å². The van der Waals surface area contributed by atoms with E-state index in [9.17, 15) is 10.1 Å². The largest absolute Gasteiger partial charge is 0.325 e. The summed E-state index contributed by atoms with van der Waals surface area (Å²) < 4.78 is 2.08. The minimum atomic E-state index is -0.393. The van der Waals surface area contributed by atoms with Crippen LogP contribution in [0.5, 0.6) is 0 Å². The zero-order chi connectivity index (χ0) is 15.8. The summed E-state index contributed by atoms with van der Waals surface area (Å²) in [5, 5.41) is 11.0. The Labute approximate surface area is 124 Å². The second-order valence-electron chi connectivity index (χ2n) is 6.10. The molecule has 0 spiro atoms. The summed E-state index contributed by atoms with van der Waals surface area (Å²) in [6.45, 7) is 10.3. The van der Waals surface area contributed by atoms with E-state index in [1.54, 1.807) is 12.1 Å². The van der Waals surface area contributed by atoms with E-state index < -0.39 is 5.54 Å². The average molecular weight is 287 g/mol. The monoisotopic (exact) mass is 287 g/mol. The highest BCUT2D eigenvalue weighted by Gasteiger charge is 2.27. The zero-order valence-corrected chi connectivity index (χ0v) is 13.1. The first kappa shape index (κ1) is 15.2. The molecule has 0 aliphatic carbocycles. The summed E-state index contributed by atoms with van der Waals surface area (Å²) in [5.41, 5.74) is 1.65. The van der Waals surface area contributed by atoms with Crippen LogP contribution in [0.2, 0.25) is 0 Å². The van der Waals surface area contributed by atoms with Gasteiger partial charge in [-0.15, -0.1) is 0 Å². The highest BCUT2D eigenvalue weighted by Crippen LogP contribution is 2.30. The third-order valence-corrected chi connectivity index (χ3v) is 3.86. The van der Waals surface area contributed by atoms with Gasteiger partial charge in [0.1, 0.15) is 5.82 Å². The number of aromatic nitrogens is 2. The number of nitrogens with zero attached hydrogens (tertiary/aromatic N) is 3. The van der Waals surface area contributed by atoms with Gasteiger partial charge in [-0.3, -0.25) is 10.1 Å². The summed E-state index contributed by atoms with van der Waals surface area (Å²) >= 11 is 0. The Morgan fingerprint density at radius 3 is 2.52 bits per heavy atom. The molecular formula is C16H21N3O2. The fourth-order valence-corrected chi connectivity index (χ4v) is 2.48. The normalized spacial score (nSPS) is 11.9. The van der Waals surface area contributed by atoms with Crippen molar-refractivity contribution in [2.75, 3.05) is 0 Å². The van der Waals surface area contributed by atoms with Gasteiger partial charge in [-0.2, -0.15) is 0 Å². The number of aryl methyl sites for hydroxylation is 1. The summed E-state index contributed by atoms with van der Waals surface area (Å²) in [6, 6.07) is 6.79. The molecule has 2 rings (SSSR count). The predicted octanol–water partition coefficient (Wildman–Crippen LogP) is 4.01. The molecule has 0 aliphatic rings.